The molecule has 2 heterocycles. The fraction of sp³-hybridized carbons (Fsp3) is 0.429. The second-order valence-corrected chi connectivity index (χ2v) is 6.93. The molecule has 7 nitrogen and oxygen atoms in total. The molecule has 0 saturated carbocycles. The number of methoxy groups -OCH3 is 2. The minimum Gasteiger partial charge on any atom is -0.497 e. The minimum atomic E-state index is -0.0381. The van der Waals surface area contributed by atoms with Crippen molar-refractivity contribution in [2.75, 3.05) is 57.2 Å². The Hall–Kier alpha value is -2.80. The molecule has 1 saturated heterocycles. The SMILES string of the molecule is COc1cc(NC(=O)CN2CCCN(c3ccncc3C)CC2)cc(OC)c1. The number of rotatable bonds is 6. The van der Waals surface area contributed by atoms with Crippen LogP contribution < -0.4 is 19.7 Å². The van der Waals surface area contributed by atoms with Crippen molar-refractivity contribution in [3.05, 3.63) is 42.2 Å². The summed E-state index contributed by atoms with van der Waals surface area (Å²) in [7, 11) is 3.18. The van der Waals surface area contributed by atoms with Crippen LogP contribution >= 0.6 is 0 Å². The monoisotopic (exact) mass is 384 g/mol. The maximum atomic E-state index is 12.5. The topological polar surface area (TPSA) is 66.9 Å². The lowest BCUT2D eigenvalue weighted by atomic mass is 10.2. The van der Waals surface area contributed by atoms with E-state index in [1.165, 1.54) is 11.3 Å². The highest BCUT2D eigenvalue weighted by Gasteiger charge is 2.18. The zero-order valence-corrected chi connectivity index (χ0v) is 16.8. The molecule has 28 heavy (non-hydrogen) atoms. The van der Waals surface area contributed by atoms with Gasteiger partial charge in [-0.1, -0.05) is 0 Å². The number of hydrogen-bond donors (Lipinski definition) is 1. The second kappa shape index (κ2) is 9.41. The lowest BCUT2D eigenvalue weighted by Crippen LogP contribution is -2.36. The highest BCUT2D eigenvalue weighted by molar-refractivity contribution is 5.92. The zero-order valence-electron chi connectivity index (χ0n) is 16.8. The molecule has 0 unspecified atom stereocenters. The van der Waals surface area contributed by atoms with Crippen LogP contribution in [0, 0.1) is 6.92 Å². The number of carbonyl (C=O) groups is 1. The number of benzene rings is 1. The number of ether oxygens (including phenoxy) is 2. The Balaban J connectivity index is 1.57. The van der Waals surface area contributed by atoms with Gasteiger partial charge >= 0.3 is 0 Å². The molecule has 1 fully saturated rings. The van der Waals surface area contributed by atoms with Crippen molar-refractivity contribution >= 4 is 17.3 Å². The maximum Gasteiger partial charge on any atom is 0.238 e. The van der Waals surface area contributed by atoms with E-state index in [2.05, 4.69) is 33.1 Å². The van der Waals surface area contributed by atoms with E-state index >= 15 is 0 Å². The molecule has 0 spiro atoms. The van der Waals surface area contributed by atoms with Crippen molar-refractivity contribution in [2.24, 2.45) is 0 Å². The van der Waals surface area contributed by atoms with Crippen molar-refractivity contribution in [2.45, 2.75) is 13.3 Å². The van der Waals surface area contributed by atoms with E-state index in [4.69, 9.17) is 9.47 Å². The number of anilines is 2. The van der Waals surface area contributed by atoms with Gasteiger partial charge in [0.15, 0.2) is 0 Å². The van der Waals surface area contributed by atoms with E-state index in [1.807, 2.05) is 12.4 Å². The summed E-state index contributed by atoms with van der Waals surface area (Å²) >= 11 is 0. The molecule has 3 rings (SSSR count). The van der Waals surface area contributed by atoms with Gasteiger partial charge in [0.05, 0.1) is 20.8 Å². The summed E-state index contributed by atoms with van der Waals surface area (Å²) in [6.45, 7) is 6.07. The van der Waals surface area contributed by atoms with E-state index in [0.717, 1.165) is 32.6 Å². The standard InChI is InChI=1S/C21H28N4O3/c1-16-14-22-6-5-20(16)25-8-4-7-24(9-10-25)15-21(26)23-17-11-18(27-2)13-19(12-17)28-3/h5-6,11-14H,4,7-10,15H2,1-3H3,(H,23,26). The number of hydrogen-bond acceptors (Lipinski definition) is 6. The molecule has 2 aromatic rings. The highest BCUT2D eigenvalue weighted by atomic mass is 16.5. The first-order valence-corrected chi connectivity index (χ1v) is 9.50. The third kappa shape index (κ3) is 5.13. The van der Waals surface area contributed by atoms with Gasteiger partial charge in [-0.05, 0) is 25.0 Å². The summed E-state index contributed by atoms with van der Waals surface area (Å²) in [5.74, 6) is 1.25. The molecule has 1 aromatic heterocycles. The molecule has 7 heteroatoms. The first-order chi connectivity index (χ1) is 13.6. The summed E-state index contributed by atoms with van der Waals surface area (Å²) in [6.07, 6.45) is 4.75. The van der Waals surface area contributed by atoms with Gasteiger partial charge in [-0.15, -0.1) is 0 Å². The van der Waals surface area contributed by atoms with E-state index < -0.39 is 0 Å². The molecule has 1 aliphatic heterocycles. The van der Waals surface area contributed by atoms with Crippen molar-refractivity contribution in [1.29, 1.82) is 0 Å². The number of carbonyl (C=O) groups excluding carboxylic acids is 1. The van der Waals surface area contributed by atoms with Crippen LogP contribution in [0.4, 0.5) is 11.4 Å². The van der Waals surface area contributed by atoms with Gasteiger partial charge in [-0.3, -0.25) is 14.7 Å². The van der Waals surface area contributed by atoms with E-state index in [0.29, 0.717) is 23.7 Å². The van der Waals surface area contributed by atoms with Crippen LogP contribution in [0.1, 0.15) is 12.0 Å². The van der Waals surface area contributed by atoms with E-state index in [1.54, 1.807) is 32.4 Å². The van der Waals surface area contributed by atoms with Gasteiger partial charge in [0.1, 0.15) is 11.5 Å². The maximum absolute atomic E-state index is 12.5. The summed E-state index contributed by atoms with van der Waals surface area (Å²) < 4.78 is 10.5. The Labute approximate surface area is 166 Å². The Morgan fingerprint density at radius 2 is 1.86 bits per heavy atom. The number of nitrogens with one attached hydrogen (secondary N) is 1. The lowest BCUT2D eigenvalue weighted by Gasteiger charge is -2.24. The third-order valence-electron chi connectivity index (χ3n) is 4.92. The van der Waals surface area contributed by atoms with E-state index in [-0.39, 0.29) is 5.91 Å². The average molecular weight is 384 g/mol. The van der Waals surface area contributed by atoms with Crippen molar-refractivity contribution in [3.63, 3.8) is 0 Å². The first-order valence-electron chi connectivity index (χ1n) is 9.50. The lowest BCUT2D eigenvalue weighted by molar-refractivity contribution is -0.117. The molecule has 0 atom stereocenters. The van der Waals surface area contributed by atoms with Crippen LogP contribution in [-0.4, -0.2) is 62.7 Å². The zero-order chi connectivity index (χ0) is 19.9. The molecule has 0 radical (unpaired) electrons. The molecule has 1 amide bonds. The molecule has 1 N–H and O–H groups in total. The fourth-order valence-corrected chi connectivity index (χ4v) is 3.47. The molecular weight excluding hydrogens is 356 g/mol. The van der Waals surface area contributed by atoms with Gasteiger partial charge in [0, 0.05) is 68.1 Å². The Kier molecular flexibility index (Phi) is 6.71. The van der Waals surface area contributed by atoms with Crippen molar-refractivity contribution in [1.82, 2.24) is 9.88 Å². The first kappa shape index (κ1) is 19.9. The molecule has 0 bridgehead atoms. The predicted molar refractivity (Wildman–Crippen MR) is 110 cm³/mol. The van der Waals surface area contributed by atoms with Gasteiger partial charge in [0.2, 0.25) is 5.91 Å². The van der Waals surface area contributed by atoms with Crippen LogP contribution in [-0.2, 0) is 4.79 Å². The Morgan fingerprint density at radius 3 is 2.54 bits per heavy atom. The molecular formula is C21H28N4O3. The normalized spacial score (nSPS) is 15.0. The predicted octanol–water partition coefficient (Wildman–Crippen LogP) is 2.56. The molecule has 1 aromatic carbocycles. The van der Waals surface area contributed by atoms with Crippen LogP contribution in [0.25, 0.3) is 0 Å². The Morgan fingerprint density at radius 1 is 1.11 bits per heavy atom. The average Bonchev–Trinajstić information content (AvgIpc) is 2.93. The summed E-state index contributed by atoms with van der Waals surface area (Å²) in [5.41, 5.74) is 3.08. The van der Waals surface area contributed by atoms with E-state index in [9.17, 15) is 4.79 Å². The largest absolute Gasteiger partial charge is 0.497 e. The smallest absolute Gasteiger partial charge is 0.238 e. The number of pyridine rings is 1. The summed E-state index contributed by atoms with van der Waals surface area (Å²) in [4.78, 5) is 21.3. The number of amides is 1. The van der Waals surface area contributed by atoms with Crippen LogP contribution in [0.2, 0.25) is 0 Å². The van der Waals surface area contributed by atoms with Gasteiger partial charge in [-0.25, -0.2) is 0 Å². The number of nitrogens with zero attached hydrogens (tertiary/aromatic N) is 3. The second-order valence-electron chi connectivity index (χ2n) is 6.93. The summed E-state index contributed by atoms with van der Waals surface area (Å²) in [6, 6.07) is 7.42. The molecule has 0 aliphatic carbocycles. The van der Waals surface area contributed by atoms with Crippen LogP contribution in [0.5, 0.6) is 11.5 Å². The number of aromatic nitrogens is 1. The Bertz CT molecular complexity index is 790. The van der Waals surface area contributed by atoms with Gasteiger partial charge in [-0.2, -0.15) is 0 Å². The van der Waals surface area contributed by atoms with Gasteiger partial charge < -0.3 is 19.7 Å². The van der Waals surface area contributed by atoms with Gasteiger partial charge in [0.25, 0.3) is 0 Å². The van der Waals surface area contributed by atoms with Crippen LogP contribution in [0.3, 0.4) is 0 Å². The molecule has 1 aliphatic rings. The van der Waals surface area contributed by atoms with Crippen molar-refractivity contribution in [3.8, 4) is 11.5 Å². The highest BCUT2D eigenvalue weighted by Crippen LogP contribution is 2.26. The minimum absolute atomic E-state index is 0.0381. The quantitative estimate of drug-likeness (QED) is 0.826. The van der Waals surface area contributed by atoms with Crippen molar-refractivity contribution < 1.29 is 14.3 Å². The third-order valence-corrected chi connectivity index (χ3v) is 4.92. The van der Waals surface area contributed by atoms with Crippen LogP contribution in [0.15, 0.2) is 36.7 Å². The fourth-order valence-electron chi connectivity index (χ4n) is 3.47. The summed E-state index contributed by atoms with van der Waals surface area (Å²) in [5, 5.41) is 2.95. The number of aryl methyl sites for hydroxylation is 1. The molecule has 150 valence electrons.